The average Bonchev–Trinajstić information content (AvgIpc) is 2.75. The lowest BCUT2D eigenvalue weighted by atomic mass is 10.1. The molecule has 0 saturated heterocycles. The number of rotatable bonds is 3. The van der Waals surface area contributed by atoms with Gasteiger partial charge in [0.2, 0.25) is 0 Å². The number of methoxy groups -OCH3 is 1. The SMILES string of the molecule is COC(c1ccco1)c1ccccc1Cl. The zero-order valence-corrected chi connectivity index (χ0v) is 9.07. The third kappa shape index (κ3) is 2.06. The van der Waals surface area contributed by atoms with Crippen LogP contribution in [-0.2, 0) is 4.74 Å². The van der Waals surface area contributed by atoms with Crippen LogP contribution in [0.15, 0.2) is 47.1 Å². The van der Waals surface area contributed by atoms with E-state index in [0.29, 0.717) is 5.02 Å². The number of hydrogen-bond acceptors (Lipinski definition) is 2. The standard InChI is InChI=1S/C12H11ClO2/c1-14-12(11-7-4-8-15-11)9-5-2-3-6-10(9)13/h2-8,12H,1H3. The van der Waals surface area contributed by atoms with Crippen molar-refractivity contribution in [3.05, 3.63) is 59.0 Å². The first-order valence-corrected chi connectivity index (χ1v) is 5.01. The number of furan rings is 1. The lowest BCUT2D eigenvalue weighted by Gasteiger charge is -2.14. The van der Waals surface area contributed by atoms with E-state index in [0.717, 1.165) is 11.3 Å². The Hall–Kier alpha value is -1.25. The molecule has 0 aliphatic rings. The minimum atomic E-state index is -0.242. The summed E-state index contributed by atoms with van der Waals surface area (Å²) in [5.41, 5.74) is 0.914. The van der Waals surface area contributed by atoms with Gasteiger partial charge in [-0.15, -0.1) is 0 Å². The second kappa shape index (κ2) is 4.51. The largest absolute Gasteiger partial charge is 0.466 e. The Labute approximate surface area is 93.4 Å². The highest BCUT2D eigenvalue weighted by molar-refractivity contribution is 6.31. The maximum atomic E-state index is 6.09. The predicted octanol–water partition coefficient (Wildman–Crippen LogP) is 3.67. The van der Waals surface area contributed by atoms with Crippen LogP contribution in [0.1, 0.15) is 17.4 Å². The van der Waals surface area contributed by atoms with Crippen molar-refractivity contribution in [2.45, 2.75) is 6.10 Å². The third-order valence-corrected chi connectivity index (χ3v) is 2.57. The molecule has 0 spiro atoms. The lowest BCUT2D eigenvalue weighted by molar-refractivity contribution is 0.116. The molecule has 0 fully saturated rings. The van der Waals surface area contributed by atoms with Crippen LogP contribution in [0.3, 0.4) is 0 Å². The molecule has 1 aromatic carbocycles. The molecule has 1 atom stereocenters. The molecule has 0 bridgehead atoms. The maximum Gasteiger partial charge on any atom is 0.141 e. The fourth-order valence-corrected chi connectivity index (χ4v) is 1.76. The van der Waals surface area contributed by atoms with Gasteiger partial charge in [0.25, 0.3) is 0 Å². The summed E-state index contributed by atoms with van der Waals surface area (Å²) < 4.78 is 10.7. The van der Waals surface area contributed by atoms with Crippen molar-refractivity contribution in [3.8, 4) is 0 Å². The van der Waals surface area contributed by atoms with Gasteiger partial charge in [0.1, 0.15) is 11.9 Å². The van der Waals surface area contributed by atoms with Crippen molar-refractivity contribution in [2.24, 2.45) is 0 Å². The molecule has 2 rings (SSSR count). The predicted molar refractivity (Wildman–Crippen MR) is 59.0 cm³/mol. The van der Waals surface area contributed by atoms with E-state index < -0.39 is 0 Å². The Morgan fingerprint density at radius 1 is 1.20 bits per heavy atom. The summed E-state index contributed by atoms with van der Waals surface area (Å²) in [4.78, 5) is 0. The van der Waals surface area contributed by atoms with E-state index in [-0.39, 0.29) is 6.10 Å². The van der Waals surface area contributed by atoms with Crippen LogP contribution in [0, 0.1) is 0 Å². The molecule has 78 valence electrons. The highest BCUT2D eigenvalue weighted by atomic mass is 35.5. The van der Waals surface area contributed by atoms with Gasteiger partial charge in [0, 0.05) is 17.7 Å². The fourth-order valence-electron chi connectivity index (χ4n) is 1.52. The summed E-state index contributed by atoms with van der Waals surface area (Å²) in [6.45, 7) is 0. The molecule has 1 heterocycles. The molecule has 0 amide bonds. The quantitative estimate of drug-likeness (QED) is 0.791. The van der Waals surface area contributed by atoms with Crippen LogP contribution in [0.25, 0.3) is 0 Å². The summed E-state index contributed by atoms with van der Waals surface area (Å²) in [7, 11) is 1.64. The van der Waals surface area contributed by atoms with E-state index >= 15 is 0 Å². The molecule has 1 aromatic heterocycles. The van der Waals surface area contributed by atoms with E-state index in [2.05, 4.69) is 0 Å². The normalized spacial score (nSPS) is 12.7. The molecule has 0 radical (unpaired) electrons. The van der Waals surface area contributed by atoms with Crippen LogP contribution in [0.5, 0.6) is 0 Å². The Bertz CT molecular complexity index is 423. The molecule has 2 nitrogen and oxygen atoms in total. The monoisotopic (exact) mass is 222 g/mol. The second-order valence-corrected chi connectivity index (χ2v) is 3.56. The highest BCUT2D eigenvalue weighted by Gasteiger charge is 2.18. The van der Waals surface area contributed by atoms with Gasteiger partial charge in [-0.1, -0.05) is 29.8 Å². The van der Waals surface area contributed by atoms with Gasteiger partial charge in [-0.2, -0.15) is 0 Å². The van der Waals surface area contributed by atoms with E-state index in [9.17, 15) is 0 Å². The third-order valence-electron chi connectivity index (χ3n) is 2.22. The molecule has 1 unspecified atom stereocenters. The number of ether oxygens (including phenoxy) is 1. The first-order valence-electron chi connectivity index (χ1n) is 4.63. The Balaban J connectivity index is 2.40. The minimum Gasteiger partial charge on any atom is -0.466 e. The molecule has 2 aromatic rings. The van der Waals surface area contributed by atoms with Gasteiger partial charge in [-0.3, -0.25) is 0 Å². The van der Waals surface area contributed by atoms with Crippen LogP contribution in [-0.4, -0.2) is 7.11 Å². The average molecular weight is 223 g/mol. The zero-order chi connectivity index (χ0) is 10.7. The number of benzene rings is 1. The first kappa shape index (κ1) is 10.3. The molecule has 0 saturated carbocycles. The topological polar surface area (TPSA) is 22.4 Å². The van der Waals surface area contributed by atoms with Gasteiger partial charge in [0.15, 0.2) is 0 Å². The number of halogens is 1. The molecular weight excluding hydrogens is 212 g/mol. The van der Waals surface area contributed by atoms with Gasteiger partial charge >= 0.3 is 0 Å². The van der Waals surface area contributed by atoms with Crippen LogP contribution >= 0.6 is 11.6 Å². The first-order chi connectivity index (χ1) is 7.33. The second-order valence-electron chi connectivity index (χ2n) is 3.15. The smallest absolute Gasteiger partial charge is 0.141 e. The fraction of sp³-hybridized carbons (Fsp3) is 0.167. The molecular formula is C12H11ClO2. The van der Waals surface area contributed by atoms with Crippen LogP contribution in [0.4, 0.5) is 0 Å². The molecule has 0 N–H and O–H groups in total. The van der Waals surface area contributed by atoms with Crippen molar-refractivity contribution < 1.29 is 9.15 Å². The zero-order valence-electron chi connectivity index (χ0n) is 8.31. The van der Waals surface area contributed by atoms with E-state index in [1.807, 2.05) is 36.4 Å². The van der Waals surface area contributed by atoms with Gasteiger partial charge in [0.05, 0.1) is 6.26 Å². The minimum absolute atomic E-state index is 0.242. The Kier molecular flexibility index (Phi) is 3.09. The van der Waals surface area contributed by atoms with E-state index in [1.54, 1.807) is 13.4 Å². The van der Waals surface area contributed by atoms with Crippen molar-refractivity contribution in [2.75, 3.05) is 7.11 Å². The van der Waals surface area contributed by atoms with Crippen LogP contribution in [0.2, 0.25) is 5.02 Å². The molecule has 0 aliphatic carbocycles. The van der Waals surface area contributed by atoms with Crippen molar-refractivity contribution >= 4 is 11.6 Å². The van der Waals surface area contributed by atoms with Crippen molar-refractivity contribution in [1.29, 1.82) is 0 Å². The lowest BCUT2D eigenvalue weighted by Crippen LogP contribution is -2.02. The van der Waals surface area contributed by atoms with E-state index in [1.165, 1.54) is 0 Å². The summed E-state index contributed by atoms with van der Waals surface area (Å²) in [5, 5.41) is 0.681. The summed E-state index contributed by atoms with van der Waals surface area (Å²) in [5.74, 6) is 0.755. The molecule has 0 aliphatic heterocycles. The number of hydrogen-bond donors (Lipinski definition) is 0. The molecule has 15 heavy (non-hydrogen) atoms. The van der Waals surface area contributed by atoms with Gasteiger partial charge in [-0.05, 0) is 18.2 Å². The van der Waals surface area contributed by atoms with Crippen molar-refractivity contribution in [3.63, 3.8) is 0 Å². The highest BCUT2D eigenvalue weighted by Crippen LogP contribution is 2.30. The van der Waals surface area contributed by atoms with Crippen molar-refractivity contribution in [1.82, 2.24) is 0 Å². The Morgan fingerprint density at radius 3 is 2.60 bits per heavy atom. The maximum absolute atomic E-state index is 6.09. The summed E-state index contributed by atoms with van der Waals surface area (Å²) in [6, 6.07) is 11.3. The summed E-state index contributed by atoms with van der Waals surface area (Å²) in [6.07, 6.45) is 1.38. The summed E-state index contributed by atoms with van der Waals surface area (Å²) >= 11 is 6.09. The van der Waals surface area contributed by atoms with E-state index in [4.69, 9.17) is 20.8 Å². The van der Waals surface area contributed by atoms with Gasteiger partial charge < -0.3 is 9.15 Å². The Morgan fingerprint density at radius 2 is 2.00 bits per heavy atom. The molecule has 3 heteroatoms. The van der Waals surface area contributed by atoms with Crippen LogP contribution < -0.4 is 0 Å². The van der Waals surface area contributed by atoms with Gasteiger partial charge in [-0.25, -0.2) is 0 Å².